The van der Waals surface area contributed by atoms with E-state index in [9.17, 15) is 0 Å². The summed E-state index contributed by atoms with van der Waals surface area (Å²) < 4.78 is 0. The van der Waals surface area contributed by atoms with Gasteiger partial charge in [-0.2, -0.15) is 0 Å². The van der Waals surface area contributed by atoms with Crippen LogP contribution in [0.3, 0.4) is 0 Å². The van der Waals surface area contributed by atoms with Crippen molar-refractivity contribution in [3.8, 4) is 0 Å². The van der Waals surface area contributed by atoms with Crippen molar-refractivity contribution in [3.63, 3.8) is 0 Å². The second-order valence-electron chi connectivity index (χ2n) is 3.42. The highest BCUT2D eigenvalue weighted by molar-refractivity contribution is 5.32. The lowest BCUT2D eigenvalue weighted by molar-refractivity contribution is 0.455. The SMILES string of the molecule is CCC1(c2ccncc2)C=CC=CN1. The van der Waals surface area contributed by atoms with Crippen molar-refractivity contribution in [2.75, 3.05) is 0 Å². The standard InChI is InChI=1S/C12H14N2/c1-2-12(7-3-4-8-14-12)11-5-9-13-10-6-11/h3-10,14H,2H2,1H3. The Morgan fingerprint density at radius 2 is 2.07 bits per heavy atom. The van der Waals surface area contributed by atoms with Crippen LogP contribution in [0.15, 0.2) is 49.0 Å². The molecule has 2 nitrogen and oxygen atoms in total. The summed E-state index contributed by atoms with van der Waals surface area (Å²) in [4.78, 5) is 4.04. The Labute approximate surface area is 84.4 Å². The fourth-order valence-corrected chi connectivity index (χ4v) is 1.77. The van der Waals surface area contributed by atoms with E-state index in [0.29, 0.717) is 0 Å². The number of pyridine rings is 1. The Morgan fingerprint density at radius 3 is 2.64 bits per heavy atom. The average molecular weight is 186 g/mol. The third-order valence-corrected chi connectivity index (χ3v) is 2.68. The smallest absolute Gasteiger partial charge is 0.0806 e. The van der Waals surface area contributed by atoms with E-state index in [0.717, 1.165) is 6.42 Å². The first-order valence-corrected chi connectivity index (χ1v) is 4.90. The maximum absolute atomic E-state index is 4.04. The second kappa shape index (κ2) is 3.66. The maximum Gasteiger partial charge on any atom is 0.0806 e. The fourth-order valence-electron chi connectivity index (χ4n) is 1.77. The number of dihydropyridines is 1. The van der Waals surface area contributed by atoms with Crippen LogP contribution < -0.4 is 5.32 Å². The molecule has 0 amide bonds. The predicted octanol–water partition coefficient (Wildman–Crippen LogP) is 2.36. The van der Waals surface area contributed by atoms with Crippen molar-refractivity contribution >= 4 is 0 Å². The highest BCUT2D eigenvalue weighted by Gasteiger charge is 2.26. The monoisotopic (exact) mass is 186 g/mol. The number of nitrogens with zero attached hydrogens (tertiary/aromatic N) is 1. The van der Waals surface area contributed by atoms with Gasteiger partial charge in [-0.15, -0.1) is 0 Å². The van der Waals surface area contributed by atoms with Crippen LogP contribution in [0.4, 0.5) is 0 Å². The Hall–Kier alpha value is -1.57. The molecule has 1 N–H and O–H groups in total. The molecule has 2 heteroatoms. The van der Waals surface area contributed by atoms with Gasteiger partial charge in [-0.1, -0.05) is 19.1 Å². The number of hydrogen-bond donors (Lipinski definition) is 1. The van der Waals surface area contributed by atoms with Gasteiger partial charge in [0, 0.05) is 12.4 Å². The van der Waals surface area contributed by atoms with Crippen LogP contribution in [0.1, 0.15) is 18.9 Å². The zero-order valence-corrected chi connectivity index (χ0v) is 8.27. The first kappa shape index (κ1) is 9.00. The van der Waals surface area contributed by atoms with E-state index in [1.807, 2.05) is 24.7 Å². The third kappa shape index (κ3) is 1.43. The molecule has 2 heterocycles. The summed E-state index contributed by atoms with van der Waals surface area (Å²) in [6, 6.07) is 4.11. The zero-order valence-electron chi connectivity index (χ0n) is 8.27. The average Bonchev–Trinajstić information content (AvgIpc) is 2.31. The van der Waals surface area contributed by atoms with E-state index < -0.39 is 0 Å². The van der Waals surface area contributed by atoms with Gasteiger partial charge in [-0.05, 0) is 36.4 Å². The molecule has 0 saturated carbocycles. The lowest BCUT2D eigenvalue weighted by Gasteiger charge is -2.32. The van der Waals surface area contributed by atoms with Gasteiger partial charge in [-0.25, -0.2) is 0 Å². The lowest BCUT2D eigenvalue weighted by Crippen LogP contribution is -2.37. The molecule has 0 fully saturated rings. The van der Waals surface area contributed by atoms with Gasteiger partial charge in [0.15, 0.2) is 0 Å². The molecule has 1 aromatic rings. The maximum atomic E-state index is 4.04. The van der Waals surface area contributed by atoms with Crippen LogP contribution >= 0.6 is 0 Å². The van der Waals surface area contributed by atoms with Gasteiger partial charge in [0.2, 0.25) is 0 Å². The van der Waals surface area contributed by atoms with Crippen molar-refractivity contribution in [1.29, 1.82) is 0 Å². The van der Waals surface area contributed by atoms with Crippen molar-refractivity contribution < 1.29 is 0 Å². The molecule has 1 atom stereocenters. The topological polar surface area (TPSA) is 24.9 Å². The van der Waals surface area contributed by atoms with Gasteiger partial charge in [0.1, 0.15) is 0 Å². The van der Waals surface area contributed by atoms with Crippen LogP contribution in [0.2, 0.25) is 0 Å². The van der Waals surface area contributed by atoms with E-state index in [4.69, 9.17) is 0 Å². The minimum atomic E-state index is -0.0440. The molecule has 0 bridgehead atoms. The molecule has 14 heavy (non-hydrogen) atoms. The largest absolute Gasteiger partial charge is 0.378 e. The summed E-state index contributed by atoms with van der Waals surface area (Å²) in [7, 11) is 0. The second-order valence-corrected chi connectivity index (χ2v) is 3.42. The molecule has 2 rings (SSSR count). The molecule has 0 radical (unpaired) electrons. The molecule has 72 valence electrons. The van der Waals surface area contributed by atoms with E-state index in [-0.39, 0.29) is 5.54 Å². The van der Waals surface area contributed by atoms with E-state index in [1.54, 1.807) is 0 Å². The van der Waals surface area contributed by atoms with Crippen molar-refractivity contribution in [2.45, 2.75) is 18.9 Å². The highest BCUT2D eigenvalue weighted by Crippen LogP contribution is 2.27. The first-order chi connectivity index (χ1) is 6.87. The Bertz CT molecular complexity index is 354. The van der Waals surface area contributed by atoms with E-state index in [1.165, 1.54) is 5.56 Å². The summed E-state index contributed by atoms with van der Waals surface area (Å²) in [5, 5.41) is 3.40. The van der Waals surface area contributed by atoms with Crippen LogP contribution in [0, 0.1) is 0 Å². The summed E-state index contributed by atoms with van der Waals surface area (Å²) in [5.74, 6) is 0. The van der Waals surface area contributed by atoms with Crippen LogP contribution in [0.25, 0.3) is 0 Å². The predicted molar refractivity (Wildman–Crippen MR) is 57.6 cm³/mol. The lowest BCUT2D eigenvalue weighted by atomic mass is 9.86. The van der Waals surface area contributed by atoms with Crippen molar-refractivity contribution in [2.24, 2.45) is 0 Å². The highest BCUT2D eigenvalue weighted by atomic mass is 15.0. The minimum Gasteiger partial charge on any atom is -0.378 e. The van der Waals surface area contributed by atoms with E-state index in [2.05, 4.69) is 41.5 Å². The molecule has 0 saturated heterocycles. The van der Waals surface area contributed by atoms with Gasteiger partial charge in [-0.3, -0.25) is 4.98 Å². The molecule has 1 aliphatic heterocycles. The molecule has 1 unspecified atom stereocenters. The number of rotatable bonds is 2. The van der Waals surface area contributed by atoms with Crippen molar-refractivity contribution in [3.05, 3.63) is 54.5 Å². The van der Waals surface area contributed by atoms with Gasteiger partial charge < -0.3 is 5.32 Å². The first-order valence-electron chi connectivity index (χ1n) is 4.90. The molecule has 0 aromatic carbocycles. The number of allylic oxidation sites excluding steroid dienone is 2. The number of hydrogen-bond acceptors (Lipinski definition) is 2. The third-order valence-electron chi connectivity index (χ3n) is 2.68. The van der Waals surface area contributed by atoms with Gasteiger partial charge in [0.05, 0.1) is 5.54 Å². The van der Waals surface area contributed by atoms with Crippen LogP contribution in [-0.4, -0.2) is 4.98 Å². The van der Waals surface area contributed by atoms with E-state index >= 15 is 0 Å². The van der Waals surface area contributed by atoms with Gasteiger partial charge >= 0.3 is 0 Å². The molecule has 0 spiro atoms. The summed E-state index contributed by atoms with van der Waals surface area (Å²) >= 11 is 0. The Morgan fingerprint density at radius 1 is 1.29 bits per heavy atom. The Kier molecular flexibility index (Phi) is 2.35. The molecule has 1 aliphatic rings. The molecule has 1 aromatic heterocycles. The Balaban J connectivity index is 2.39. The summed E-state index contributed by atoms with van der Waals surface area (Å²) in [6.45, 7) is 2.18. The molecule has 0 aliphatic carbocycles. The number of aromatic nitrogens is 1. The molecular weight excluding hydrogens is 172 g/mol. The quantitative estimate of drug-likeness (QED) is 0.767. The normalized spacial score (nSPS) is 24.6. The minimum absolute atomic E-state index is 0.0440. The van der Waals surface area contributed by atoms with Gasteiger partial charge in [0.25, 0.3) is 0 Å². The zero-order chi connectivity index (χ0) is 9.86. The van der Waals surface area contributed by atoms with Crippen LogP contribution in [0.5, 0.6) is 0 Å². The number of nitrogens with one attached hydrogen (secondary N) is 1. The fraction of sp³-hybridized carbons (Fsp3) is 0.250. The summed E-state index contributed by atoms with van der Waals surface area (Å²) in [5.41, 5.74) is 1.22. The van der Waals surface area contributed by atoms with Crippen LogP contribution in [-0.2, 0) is 5.54 Å². The summed E-state index contributed by atoms with van der Waals surface area (Å²) in [6.07, 6.45) is 13.0. The van der Waals surface area contributed by atoms with Crippen molar-refractivity contribution in [1.82, 2.24) is 10.3 Å². The molecular formula is C12H14N2.